The molecule has 1 amide bonds. The highest BCUT2D eigenvalue weighted by atomic mass is 16.2. The Labute approximate surface area is 122 Å². The monoisotopic (exact) mass is 277 g/mol. The van der Waals surface area contributed by atoms with Crippen LogP contribution in [0.5, 0.6) is 0 Å². The van der Waals surface area contributed by atoms with E-state index in [2.05, 4.69) is 22.3 Å². The first-order chi connectivity index (χ1) is 9.59. The highest BCUT2D eigenvalue weighted by Gasteiger charge is 2.32. The van der Waals surface area contributed by atoms with Crippen LogP contribution in [-0.2, 0) is 4.79 Å². The molecular weight excluding hydrogens is 250 g/mol. The van der Waals surface area contributed by atoms with Crippen molar-refractivity contribution in [3.05, 3.63) is 30.3 Å². The van der Waals surface area contributed by atoms with Crippen LogP contribution < -0.4 is 16.0 Å². The lowest BCUT2D eigenvalue weighted by atomic mass is 9.81. The highest BCUT2D eigenvalue weighted by molar-refractivity contribution is 5.82. The standard InChI is InChI=1S/C16H27N3O/c1-4-16(5-2,13-17)15(20)18-11-12-19(3)14-9-7-6-8-10-14/h6-10H,4-5,11-13,17H2,1-3H3,(H,18,20). The number of hydrogen-bond acceptors (Lipinski definition) is 3. The van der Waals surface area contributed by atoms with Gasteiger partial charge in [0, 0.05) is 32.4 Å². The minimum atomic E-state index is -0.411. The Morgan fingerprint density at radius 1 is 1.25 bits per heavy atom. The highest BCUT2D eigenvalue weighted by Crippen LogP contribution is 2.24. The van der Waals surface area contributed by atoms with Crippen molar-refractivity contribution in [1.29, 1.82) is 0 Å². The van der Waals surface area contributed by atoms with Crippen LogP contribution in [0.4, 0.5) is 5.69 Å². The normalized spacial score (nSPS) is 11.2. The second kappa shape index (κ2) is 7.90. The fourth-order valence-electron chi connectivity index (χ4n) is 2.29. The number of carbonyl (C=O) groups is 1. The Morgan fingerprint density at radius 3 is 2.35 bits per heavy atom. The molecule has 0 saturated heterocycles. The molecule has 0 spiro atoms. The lowest BCUT2D eigenvalue weighted by Gasteiger charge is -2.29. The van der Waals surface area contributed by atoms with Gasteiger partial charge in [0.2, 0.25) is 5.91 Å². The number of hydrogen-bond donors (Lipinski definition) is 2. The summed E-state index contributed by atoms with van der Waals surface area (Å²) in [5.74, 6) is 0.0754. The number of nitrogens with two attached hydrogens (primary N) is 1. The first-order valence-electron chi connectivity index (χ1n) is 7.34. The van der Waals surface area contributed by atoms with Crippen LogP contribution in [-0.4, -0.2) is 32.6 Å². The van der Waals surface area contributed by atoms with Crippen molar-refractivity contribution >= 4 is 11.6 Å². The van der Waals surface area contributed by atoms with Crippen molar-refractivity contribution in [3.63, 3.8) is 0 Å². The molecule has 1 aromatic rings. The van der Waals surface area contributed by atoms with Crippen LogP contribution in [0.15, 0.2) is 30.3 Å². The number of nitrogens with zero attached hydrogens (tertiary/aromatic N) is 1. The molecule has 0 saturated carbocycles. The van der Waals surface area contributed by atoms with Gasteiger partial charge in [-0.15, -0.1) is 0 Å². The lowest BCUT2D eigenvalue weighted by molar-refractivity contribution is -0.130. The quantitative estimate of drug-likeness (QED) is 0.764. The largest absolute Gasteiger partial charge is 0.373 e. The van der Waals surface area contributed by atoms with E-state index in [1.807, 2.05) is 39.1 Å². The zero-order valence-corrected chi connectivity index (χ0v) is 12.9. The summed E-state index contributed by atoms with van der Waals surface area (Å²) >= 11 is 0. The Bertz CT molecular complexity index is 393. The van der Waals surface area contributed by atoms with Crippen molar-refractivity contribution < 1.29 is 4.79 Å². The van der Waals surface area contributed by atoms with Gasteiger partial charge in [-0.1, -0.05) is 32.0 Å². The van der Waals surface area contributed by atoms with Gasteiger partial charge in [-0.25, -0.2) is 0 Å². The number of carbonyl (C=O) groups excluding carboxylic acids is 1. The van der Waals surface area contributed by atoms with Crippen LogP contribution in [0, 0.1) is 5.41 Å². The van der Waals surface area contributed by atoms with Crippen LogP contribution in [0.1, 0.15) is 26.7 Å². The molecule has 0 fully saturated rings. The molecule has 0 aliphatic heterocycles. The third-order valence-electron chi connectivity index (χ3n) is 4.16. The zero-order chi connectivity index (χ0) is 15.0. The maximum absolute atomic E-state index is 12.3. The van der Waals surface area contributed by atoms with E-state index in [1.54, 1.807) is 0 Å². The number of nitrogens with one attached hydrogen (secondary N) is 1. The molecule has 0 bridgehead atoms. The van der Waals surface area contributed by atoms with Gasteiger partial charge in [0.25, 0.3) is 0 Å². The number of anilines is 1. The zero-order valence-electron chi connectivity index (χ0n) is 12.9. The van der Waals surface area contributed by atoms with Gasteiger partial charge in [0.1, 0.15) is 0 Å². The lowest BCUT2D eigenvalue weighted by Crippen LogP contribution is -2.47. The van der Waals surface area contributed by atoms with Crippen LogP contribution in [0.25, 0.3) is 0 Å². The fraction of sp³-hybridized carbons (Fsp3) is 0.562. The fourth-order valence-corrected chi connectivity index (χ4v) is 2.29. The van der Waals surface area contributed by atoms with Crippen molar-refractivity contribution in [2.45, 2.75) is 26.7 Å². The Hall–Kier alpha value is -1.55. The van der Waals surface area contributed by atoms with E-state index >= 15 is 0 Å². The predicted octanol–water partition coefficient (Wildman–Crippen LogP) is 2.00. The average molecular weight is 277 g/mol. The minimum absolute atomic E-state index is 0.0754. The average Bonchev–Trinajstić information content (AvgIpc) is 2.50. The van der Waals surface area contributed by atoms with Crippen molar-refractivity contribution in [3.8, 4) is 0 Å². The van der Waals surface area contributed by atoms with E-state index in [-0.39, 0.29) is 5.91 Å². The van der Waals surface area contributed by atoms with E-state index in [0.29, 0.717) is 13.1 Å². The second-order valence-electron chi connectivity index (χ2n) is 5.20. The number of likely N-dealkylation sites (N-methyl/N-ethyl adjacent to an activating group) is 1. The summed E-state index contributed by atoms with van der Waals surface area (Å²) in [6.45, 7) is 5.86. The molecule has 0 aliphatic carbocycles. The molecule has 0 unspecified atom stereocenters. The van der Waals surface area contributed by atoms with E-state index in [1.165, 1.54) is 0 Å². The molecule has 0 aromatic heterocycles. The molecule has 0 heterocycles. The predicted molar refractivity (Wildman–Crippen MR) is 84.8 cm³/mol. The molecule has 1 aromatic carbocycles. The molecule has 4 nitrogen and oxygen atoms in total. The molecule has 1 rings (SSSR count). The third kappa shape index (κ3) is 3.97. The summed E-state index contributed by atoms with van der Waals surface area (Å²) in [7, 11) is 2.03. The van der Waals surface area contributed by atoms with Gasteiger partial charge in [0.05, 0.1) is 5.41 Å². The van der Waals surface area contributed by atoms with Crippen molar-refractivity contribution in [2.24, 2.45) is 11.1 Å². The molecule has 0 aliphatic rings. The van der Waals surface area contributed by atoms with Gasteiger partial charge >= 0.3 is 0 Å². The molecule has 3 N–H and O–H groups in total. The van der Waals surface area contributed by atoms with E-state index in [0.717, 1.165) is 25.1 Å². The maximum atomic E-state index is 12.3. The van der Waals surface area contributed by atoms with E-state index in [9.17, 15) is 4.79 Å². The number of benzene rings is 1. The van der Waals surface area contributed by atoms with Crippen molar-refractivity contribution in [2.75, 3.05) is 31.6 Å². The van der Waals surface area contributed by atoms with Crippen LogP contribution >= 0.6 is 0 Å². The molecule has 0 atom stereocenters. The first-order valence-corrected chi connectivity index (χ1v) is 7.34. The SMILES string of the molecule is CCC(CC)(CN)C(=O)NCCN(C)c1ccccc1. The summed E-state index contributed by atoms with van der Waals surface area (Å²) < 4.78 is 0. The molecule has 112 valence electrons. The smallest absolute Gasteiger partial charge is 0.227 e. The first kappa shape index (κ1) is 16.5. The topological polar surface area (TPSA) is 58.4 Å². The summed E-state index contributed by atoms with van der Waals surface area (Å²) in [6, 6.07) is 10.1. The van der Waals surface area contributed by atoms with Crippen molar-refractivity contribution in [1.82, 2.24) is 5.32 Å². The maximum Gasteiger partial charge on any atom is 0.227 e. The summed E-state index contributed by atoms with van der Waals surface area (Å²) in [6.07, 6.45) is 1.56. The third-order valence-corrected chi connectivity index (χ3v) is 4.16. The Kier molecular flexibility index (Phi) is 6.52. The number of para-hydroxylation sites is 1. The van der Waals surface area contributed by atoms with Gasteiger partial charge < -0.3 is 16.0 Å². The Morgan fingerprint density at radius 2 is 1.85 bits per heavy atom. The minimum Gasteiger partial charge on any atom is -0.373 e. The summed E-state index contributed by atoms with van der Waals surface area (Å²) in [5, 5.41) is 3.02. The van der Waals surface area contributed by atoms with Gasteiger partial charge in [-0.05, 0) is 25.0 Å². The summed E-state index contributed by atoms with van der Waals surface area (Å²) in [5.41, 5.74) is 6.52. The molecule has 20 heavy (non-hydrogen) atoms. The molecule has 0 radical (unpaired) electrons. The van der Waals surface area contributed by atoms with Gasteiger partial charge in [-0.3, -0.25) is 4.79 Å². The Balaban J connectivity index is 2.46. The van der Waals surface area contributed by atoms with E-state index < -0.39 is 5.41 Å². The van der Waals surface area contributed by atoms with Crippen LogP contribution in [0.3, 0.4) is 0 Å². The second-order valence-corrected chi connectivity index (χ2v) is 5.20. The van der Waals surface area contributed by atoms with Crippen LogP contribution in [0.2, 0.25) is 0 Å². The molecular formula is C16H27N3O. The summed E-state index contributed by atoms with van der Waals surface area (Å²) in [4.78, 5) is 14.4. The van der Waals surface area contributed by atoms with E-state index in [4.69, 9.17) is 5.73 Å². The van der Waals surface area contributed by atoms with Gasteiger partial charge in [0.15, 0.2) is 0 Å². The van der Waals surface area contributed by atoms with Gasteiger partial charge in [-0.2, -0.15) is 0 Å². The molecule has 4 heteroatoms. The number of amides is 1. The number of rotatable bonds is 8.